The summed E-state index contributed by atoms with van der Waals surface area (Å²) in [5.41, 5.74) is 1.47. The van der Waals surface area contributed by atoms with Gasteiger partial charge in [-0.3, -0.25) is 4.79 Å². The molecule has 0 spiro atoms. The van der Waals surface area contributed by atoms with E-state index in [1.165, 1.54) is 12.1 Å². The number of primary sulfonamides is 1. The van der Waals surface area contributed by atoms with Gasteiger partial charge in [-0.1, -0.05) is 29.3 Å². The van der Waals surface area contributed by atoms with Gasteiger partial charge in [0.05, 0.1) is 15.7 Å². The molecule has 0 heterocycles. The number of aryl methyl sites for hydroxylation is 1. The maximum atomic E-state index is 12.2. The Labute approximate surface area is 138 Å². The molecular weight excluding hydrogens is 347 g/mol. The highest BCUT2D eigenvalue weighted by Crippen LogP contribution is 2.25. The van der Waals surface area contributed by atoms with Gasteiger partial charge in [0, 0.05) is 5.56 Å². The van der Waals surface area contributed by atoms with Crippen molar-refractivity contribution in [2.24, 2.45) is 5.14 Å². The van der Waals surface area contributed by atoms with Crippen molar-refractivity contribution in [2.75, 3.05) is 5.32 Å². The maximum Gasteiger partial charge on any atom is 0.255 e. The van der Waals surface area contributed by atoms with E-state index in [0.717, 1.165) is 11.6 Å². The first-order valence-corrected chi connectivity index (χ1v) is 8.38. The molecule has 0 bridgehead atoms. The molecular formula is C14H12Cl2N2O3S. The van der Waals surface area contributed by atoms with Crippen LogP contribution in [0.25, 0.3) is 0 Å². The summed E-state index contributed by atoms with van der Waals surface area (Å²) in [4.78, 5) is 11.9. The van der Waals surface area contributed by atoms with Gasteiger partial charge in [0.25, 0.3) is 5.91 Å². The van der Waals surface area contributed by atoms with Gasteiger partial charge in [-0.25, -0.2) is 13.6 Å². The van der Waals surface area contributed by atoms with Crippen molar-refractivity contribution in [1.29, 1.82) is 0 Å². The van der Waals surface area contributed by atoms with Gasteiger partial charge in [-0.05, 0) is 42.8 Å². The van der Waals surface area contributed by atoms with Crippen molar-refractivity contribution >= 4 is 44.8 Å². The van der Waals surface area contributed by atoms with Crippen LogP contribution in [0.5, 0.6) is 0 Å². The number of hydrogen-bond donors (Lipinski definition) is 2. The Morgan fingerprint density at radius 1 is 1.09 bits per heavy atom. The fourth-order valence-corrected chi connectivity index (χ4v) is 3.13. The molecule has 0 fully saturated rings. The normalized spacial score (nSPS) is 11.3. The molecule has 0 aromatic heterocycles. The lowest BCUT2D eigenvalue weighted by Gasteiger charge is -2.09. The summed E-state index contributed by atoms with van der Waals surface area (Å²) in [5.74, 6) is -0.521. The third-order valence-electron chi connectivity index (χ3n) is 2.87. The predicted molar refractivity (Wildman–Crippen MR) is 87.0 cm³/mol. The molecule has 2 aromatic rings. The standard InChI is InChI=1S/C14H12Cl2N2O3S/c1-8-2-5-12(11(16)6-8)18-14(19)9-3-4-10(15)13(7-9)22(17,20)21/h2-7H,1H3,(H,18,19)(H2,17,20,21). The van der Waals surface area contributed by atoms with Crippen molar-refractivity contribution in [3.05, 3.63) is 57.6 Å². The SMILES string of the molecule is Cc1ccc(NC(=O)c2ccc(Cl)c(S(N)(=O)=O)c2)c(Cl)c1. The molecule has 0 aliphatic rings. The van der Waals surface area contributed by atoms with E-state index in [1.54, 1.807) is 18.2 Å². The van der Waals surface area contributed by atoms with Gasteiger partial charge in [-0.2, -0.15) is 0 Å². The minimum absolute atomic E-state index is 0.0487. The summed E-state index contributed by atoms with van der Waals surface area (Å²) in [7, 11) is -4.01. The van der Waals surface area contributed by atoms with Gasteiger partial charge in [-0.15, -0.1) is 0 Å². The Morgan fingerprint density at radius 2 is 1.77 bits per heavy atom. The second kappa shape index (κ2) is 6.26. The van der Waals surface area contributed by atoms with Gasteiger partial charge in [0.15, 0.2) is 0 Å². The lowest BCUT2D eigenvalue weighted by atomic mass is 10.2. The zero-order valence-electron chi connectivity index (χ0n) is 11.4. The fraction of sp³-hybridized carbons (Fsp3) is 0.0714. The van der Waals surface area contributed by atoms with Crippen LogP contribution in [0.3, 0.4) is 0 Å². The average Bonchev–Trinajstić information content (AvgIpc) is 2.41. The zero-order valence-corrected chi connectivity index (χ0v) is 13.8. The highest BCUT2D eigenvalue weighted by Gasteiger charge is 2.17. The molecule has 5 nitrogen and oxygen atoms in total. The largest absolute Gasteiger partial charge is 0.321 e. The van der Waals surface area contributed by atoms with Crippen LogP contribution in [0.4, 0.5) is 5.69 Å². The Balaban J connectivity index is 2.34. The van der Waals surface area contributed by atoms with E-state index >= 15 is 0 Å². The number of carbonyl (C=O) groups is 1. The van der Waals surface area contributed by atoms with E-state index in [2.05, 4.69) is 5.32 Å². The fourth-order valence-electron chi connectivity index (χ4n) is 1.78. The topological polar surface area (TPSA) is 89.3 Å². The van der Waals surface area contributed by atoms with Crippen LogP contribution >= 0.6 is 23.2 Å². The maximum absolute atomic E-state index is 12.2. The minimum atomic E-state index is -4.01. The Kier molecular flexibility index (Phi) is 4.77. The van der Waals surface area contributed by atoms with Crippen molar-refractivity contribution in [2.45, 2.75) is 11.8 Å². The van der Waals surface area contributed by atoms with Crippen molar-refractivity contribution in [3.8, 4) is 0 Å². The van der Waals surface area contributed by atoms with E-state index in [4.69, 9.17) is 28.3 Å². The van der Waals surface area contributed by atoms with Gasteiger partial charge in [0.1, 0.15) is 4.90 Å². The summed E-state index contributed by atoms with van der Waals surface area (Å²) in [6.45, 7) is 1.87. The highest BCUT2D eigenvalue weighted by molar-refractivity contribution is 7.89. The Hall–Kier alpha value is -1.60. The molecule has 0 radical (unpaired) electrons. The number of nitrogens with one attached hydrogen (secondary N) is 1. The summed E-state index contributed by atoms with van der Waals surface area (Å²) >= 11 is 11.8. The molecule has 0 unspecified atom stereocenters. The molecule has 0 saturated carbocycles. The number of anilines is 1. The average molecular weight is 359 g/mol. The highest BCUT2D eigenvalue weighted by atomic mass is 35.5. The first-order chi connectivity index (χ1) is 10.2. The number of nitrogens with two attached hydrogens (primary N) is 1. The van der Waals surface area contributed by atoms with Crippen LogP contribution in [0, 0.1) is 6.92 Å². The minimum Gasteiger partial charge on any atom is -0.321 e. The summed E-state index contributed by atoms with van der Waals surface area (Å²) in [6.07, 6.45) is 0. The number of sulfonamides is 1. The van der Waals surface area contributed by atoms with Gasteiger partial charge in [0.2, 0.25) is 10.0 Å². The molecule has 22 heavy (non-hydrogen) atoms. The number of carbonyl (C=O) groups excluding carboxylic acids is 1. The lowest BCUT2D eigenvalue weighted by Crippen LogP contribution is -2.16. The number of hydrogen-bond acceptors (Lipinski definition) is 3. The first-order valence-electron chi connectivity index (χ1n) is 6.08. The van der Waals surface area contributed by atoms with E-state index in [9.17, 15) is 13.2 Å². The summed E-state index contributed by atoms with van der Waals surface area (Å²) in [5, 5.41) is 7.99. The van der Waals surface area contributed by atoms with Crippen molar-refractivity contribution < 1.29 is 13.2 Å². The van der Waals surface area contributed by atoms with E-state index in [-0.39, 0.29) is 15.5 Å². The molecule has 0 atom stereocenters. The Morgan fingerprint density at radius 3 is 2.36 bits per heavy atom. The molecule has 2 rings (SSSR count). The molecule has 2 aromatic carbocycles. The quantitative estimate of drug-likeness (QED) is 0.882. The molecule has 3 N–H and O–H groups in total. The number of amides is 1. The predicted octanol–water partition coefficient (Wildman–Crippen LogP) is 3.20. The second-order valence-corrected chi connectivity index (χ2v) is 6.97. The molecule has 1 amide bonds. The van der Waals surface area contributed by atoms with Crippen LogP contribution in [-0.2, 0) is 10.0 Å². The van der Waals surface area contributed by atoms with Crippen molar-refractivity contribution in [1.82, 2.24) is 0 Å². The molecule has 0 saturated heterocycles. The van der Waals surface area contributed by atoms with Crippen LogP contribution in [0.2, 0.25) is 10.0 Å². The van der Waals surface area contributed by atoms with E-state index in [0.29, 0.717) is 10.7 Å². The smallest absolute Gasteiger partial charge is 0.255 e. The molecule has 0 aliphatic heterocycles. The Bertz CT molecular complexity index is 851. The summed E-state index contributed by atoms with van der Waals surface area (Å²) < 4.78 is 22.8. The number of halogens is 2. The molecule has 0 aliphatic carbocycles. The van der Waals surface area contributed by atoms with E-state index < -0.39 is 15.9 Å². The summed E-state index contributed by atoms with van der Waals surface area (Å²) in [6, 6.07) is 8.97. The number of benzene rings is 2. The molecule has 116 valence electrons. The number of rotatable bonds is 3. The van der Waals surface area contributed by atoms with Crippen molar-refractivity contribution in [3.63, 3.8) is 0 Å². The lowest BCUT2D eigenvalue weighted by molar-refractivity contribution is 0.102. The molecule has 8 heteroatoms. The first kappa shape index (κ1) is 16.8. The third kappa shape index (κ3) is 3.78. The van der Waals surface area contributed by atoms with Crippen LogP contribution in [-0.4, -0.2) is 14.3 Å². The monoisotopic (exact) mass is 358 g/mol. The van der Waals surface area contributed by atoms with Gasteiger partial charge < -0.3 is 5.32 Å². The second-order valence-electron chi connectivity index (χ2n) is 4.63. The van der Waals surface area contributed by atoms with Crippen LogP contribution < -0.4 is 10.5 Å². The van der Waals surface area contributed by atoms with Crippen LogP contribution in [0.1, 0.15) is 15.9 Å². The van der Waals surface area contributed by atoms with E-state index in [1.807, 2.05) is 6.92 Å². The third-order valence-corrected chi connectivity index (χ3v) is 4.58. The zero-order chi connectivity index (χ0) is 16.5. The van der Waals surface area contributed by atoms with Crippen LogP contribution in [0.15, 0.2) is 41.3 Å². The van der Waals surface area contributed by atoms with Gasteiger partial charge >= 0.3 is 0 Å².